The van der Waals surface area contributed by atoms with Crippen molar-refractivity contribution in [2.45, 2.75) is 0 Å². The average molecular weight is 337 g/mol. The molecule has 2 N–H and O–H groups in total. The van der Waals surface area contributed by atoms with Crippen molar-refractivity contribution >= 4 is 27.5 Å². The Morgan fingerprint density at radius 3 is 2.50 bits per heavy atom. The van der Waals surface area contributed by atoms with Gasteiger partial charge in [-0.1, -0.05) is 12.1 Å². The highest BCUT2D eigenvalue weighted by Gasteiger charge is 2.16. The van der Waals surface area contributed by atoms with Gasteiger partial charge in [0.1, 0.15) is 11.5 Å². The normalized spacial score (nSPS) is 10.1. The lowest BCUT2D eigenvalue weighted by molar-refractivity contribution is -0.384. The van der Waals surface area contributed by atoms with E-state index in [0.29, 0.717) is 10.2 Å². The molecule has 0 atom stereocenters. The van der Waals surface area contributed by atoms with Crippen LogP contribution in [-0.4, -0.2) is 10.8 Å². The summed E-state index contributed by atoms with van der Waals surface area (Å²) in [4.78, 5) is 21.5. The second-order valence-corrected chi connectivity index (χ2v) is 4.69. The third kappa shape index (κ3) is 2.94. The maximum absolute atomic E-state index is 11.4. The second-order valence-electron chi connectivity index (χ2n) is 3.83. The van der Waals surface area contributed by atoms with Crippen molar-refractivity contribution in [1.29, 1.82) is 0 Å². The quantitative estimate of drug-likeness (QED) is 0.684. The van der Waals surface area contributed by atoms with Gasteiger partial charge in [-0.05, 0) is 34.1 Å². The number of carbonyl (C=O) groups excluding carboxylic acids is 1. The van der Waals surface area contributed by atoms with Crippen LogP contribution in [0, 0.1) is 10.1 Å². The Bertz CT molecular complexity index is 688. The molecule has 0 saturated heterocycles. The molecule has 1 amide bonds. The molecule has 6 nitrogen and oxygen atoms in total. The smallest absolute Gasteiger partial charge is 0.270 e. The molecule has 0 fully saturated rings. The highest BCUT2D eigenvalue weighted by Crippen LogP contribution is 2.32. The molecule has 0 saturated carbocycles. The topological polar surface area (TPSA) is 95.5 Å². The first-order chi connectivity index (χ1) is 9.49. The number of amides is 1. The van der Waals surface area contributed by atoms with Crippen LogP contribution in [0.4, 0.5) is 5.69 Å². The molecule has 0 aromatic heterocycles. The number of ether oxygens (including phenoxy) is 1. The summed E-state index contributed by atoms with van der Waals surface area (Å²) >= 11 is 3.30. The number of carbonyl (C=O) groups is 1. The molecule has 2 rings (SSSR count). The highest BCUT2D eigenvalue weighted by molar-refractivity contribution is 9.10. The van der Waals surface area contributed by atoms with E-state index < -0.39 is 10.8 Å². The van der Waals surface area contributed by atoms with Gasteiger partial charge in [-0.25, -0.2) is 0 Å². The summed E-state index contributed by atoms with van der Waals surface area (Å²) in [6.45, 7) is 0. The van der Waals surface area contributed by atoms with Crippen LogP contribution < -0.4 is 10.5 Å². The Labute approximate surface area is 122 Å². The van der Waals surface area contributed by atoms with Gasteiger partial charge in [0.25, 0.3) is 11.6 Å². The van der Waals surface area contributed by atoms with E-state index in [2.05, 4.69) is 15.9 Å². The highest BCUT2D eigenvalue weighted by atomic mass is 79.9. The second kappa shape index (κ2) is 5.70. The van der Waals surface area contributed by atoms with Gasteiger partial charge in [0.05, 0.1) is 15.0 Å². The van der Waals surface area contributed by atoms with Crippen LogP contribution in [0.3, 0.4) is 0 Å². The molecule has 20 heavy (non-hydrogen) atoms. The third-order valence-corrected chi connectivity index (χ3v) is 3.15. The van der Waals surface area contributed by atoms with Crippen LogP contribution in [-0.2, 0) is 0 Å². The van der Waals surface area contributed by atoms with E-state index in [-0.39, 0.29) is 17.0 Å². The molecule has 0 unspecified atom stereocenters. The van der Waals surface area contributed by atoms with Crippen molar-refractivity contribution in [1.82, 2.24) is 0 Å². The number of benzene rings is 2. The number of nitro groups is 1. The van der Waals surface area contributed by atoms with E-state index >= 15 is 0 Å². The molecule has 2 aromatic rings. The zero-order valence-corrected chi connectivity index (χ0v) is 11.7. The molecule has 0 heterocycles. The van der Waals surface area contributed by atoms with Gasteiger partial charge < -0.3 is 10.5 Å². The van der Waals surface area contributed by atoms with Crippen molar-refractivity contribution in [2.24, 2.45) is 5.73 Å². The van der Waals surface area contributed by atoms with Gasteiger partial charge in [0.2, 0.25) is 0 Å². The van der Waals surface area contributed by atoms with E-state index in [4.69, 9.17) is 10.5 Å². The van der Waals surface area contributed by atoms with Crippen LogP contribution in [0.5, 0.6) is 11.5 Å². The molecule has 0 aliphatic carbocycles. The number of halogens is 1. The van der Waals surface area contributed by atoms with E-state index in [1.165, 1.54) is 12.1 Å². The van der Waals surface area contributed by atoms with Crippen molar-refractivity contribution in [3.8, 4) is 11.5 Å². The molecule has 0 aliphatic heterocycles. The predicted molar refractivity (Wildman–Crippen MR) is 75.8 cm³/mol. The summed E-state index contributed by atoms with van der Waals surface area (Å²) in [5, 5.41) is 10.7. The maximum atomic E-state index is 11.4. The van der Waals surface area contributed by atoms with Crippen LogP contribution in [0.25, 0.3) is 0 Å². The summed E-state index contributed by atoms with van der Waals surface area (Å²) in [6.07, 6.45) is 0. The minimum atomic E-state index is -0.796. The fraction of sp³-hybridized carbons (Fsp3) is 0. The molecular formula is C13H9BrN2O4. The van der Waals surface area contributed by atoms with Gasteiger partial charge in [0, 0.05) is 12.1 Å². The van der Waals surface area contributed by atoms with Crippen molar-refractivity contribution in [2.75, 3.05) is 0 Å². The Morgan fingerprint density at radius 2 is 1.90 bits per heavy atom. The number of rotatable bonds is 4. The van der Waals surface area contributed by atoms with Gasteiger partial charge in [-0.2, -0.15) is 0 Å². The number of hydrogen-bond donors (Lipinski definition) is 1. The van der Waals surface area contributed by atoms with E-state index in [1.54, 1.807) is 18.2 Å². The Hall–Kier alpha value is -2.41. The van der Waals surface area contributed by atoms with Gasteiger partial charge in [0.15, 0.2) is 0 Å². The minimum Gasteiger partial charge on any atom is -0.455 e. The Kier molecular flexibility index (Phi) is 3.99. The summed E-state index contributed by atoms with van der Waals surface area (Å²) in [7, 11) is 0. The third-order valence-electron chi connectivity index (χ3n) is 2.50. The maximum Gasteiger partial charge on any atom is 0.270 e. The molecule has 0 spiro atoms. The average Bonchev–Trinajstić information content (AvgIpc) is 2.41. The van der Waals surface area contributed by atoms with E-state index in [0.717, 1.165) is 6.07 Å². The van der Waals surface area contributed by atoms with Crippen molar-refractivity contribution in [3.05, 3.63) is 62.6 Å². The molecule has 0 aliphatic rings. The molecule has 0 radical (unpaired) electrons. The zero-order chi connectivity index (χ0) is 14.7. The van der Waals surface area contributed by atoms with Crippen LogP contribution in [0.1, 0.15) is 10.4 Å². The standard InChI is InChI=1S/C13H9BrN2O4/c14-10-3-1-2-4-12(10)20-11-6-5-8(16(18)19)7-9(11)13(15)17/h1-7H,(H2,15,17). The SMILES string of the molecule is NC(=O)c1cc([N+](=O)[O-])ccc1Oc1ccccc1Br. The lowest BCUT2D eigenvalue weighted by atomic mass is 10.1. The predicted octanol–water partition coefficient (Wildman–Crippen LogP) is 3.25. The Balaban J connectivity index is 2.44. The zero-order valence-electron chi connectivity index (χ0n) is 10.1. The Morgan fingerprint density at radius 1 is 1.20 bits per heavy atom. The lowest BCUT2D eigenvalue weighted by Gasteiger charge is -2.10. The van der Waals surface area contributed by atoms with E-state index in [9.17, 15) is 14.9 Å². The molecule has 2 aromatic carbocycles. The largest absolute Gasteiger partial charge is 0.455 e. The lowest BCUT2D eigenvalue weighted by Crippen LogP contribution is -2.12. The molecule has 0 bridgehead atoms. The number of non-ortho nitro benzene ring substituents is 1. The van der Waals surface area contributed by atoms with Crippen molar-refractivity contribution in [3.63, 3.8) is 0 Å². The van der Waals surface area contributed by atoms with Crippen LogP contribution >= 0.6 is 15.9 Å². The fourth-order valence-corrected chi connectivity index (χ4v) is 1.92. The monoisotopic (exact) mass is 336 g/mol. The molecular weight excluding hydrogens is 328 g/mol. The number of nitrogens with zero attached hydrogens (tertiary/aromatic N) is 1. The minimum absolute atomic E-state index is 0.0463. The summed E-state index contributed by atoms with van der Waals surface area (Å²) in [6, 6.07) is 10.7. The number of primary amides is 1. The van der Waals surface area contributed by atoms with E-state index in [1.807, 2.05) is 6.07 Å². The van der Waals surface area contributed by atoms with Crippen LogP contribution in [0.15, 0.2) is 46.9 Å². The van der Waals surface area contributed by atoms with Gasteiger partial charge in [-0.3, -0.25) is 14.9 Å². The fourth-order valence-electron chi connectivity index (χ4n) is 1.56. The first-order valence-corrected chi connectivity index (χ1v) is 6.29. The van der Waals surface area contributed by atoms with Crippen LogP contribution in [0.2, 0.25) is 0 Å². The van der Waals surface area contributed by atoms with Gasteiger partial charge in [-0.15, -0.1) is 0 Å². The van der Waals surface area contributed by atoms with Gasteiger partial charge >= 0.3 is 0 Å². The first kappa shape index (κ1) is 14.0. The number of hydrogen-bond acceptors (Lipinski definition) is 4. The number of nitrogens with two attached hydrogens (primary N) is 1. The molecule has 102 valence electrons. The summed E-state index contributed by atoms with van der Waals surface area (Å²) in [5.74, 6) is -0.158. The summed E-state index contributed by atoms with van der Waals surface area (Å²) in [5.41, 5.74) is 4.95. The molecule has 7 heteroatoms. The number of nitro benzene ring substituents is 1. The summed E-state index contributed by atoms with van der Waals surface area (Å²) < 4.78 is 6.25. The first-order valence-electron chi connectivity index (χ1n) is 5.49. The number of para-hydroxylation sites is 1. The van der Waals surface area contributed by atoms with Crippen molar-refractivity contribution < 1.29 is 14.5 Å².